The van der Waals surface area contributed by atoms with Gasteiger partial charge in [-0.25, -0.2) is 4.98 Å². The number of piperidine rings is 1. The van der Waals surface area contributed by atoms with Gasteiger partial charge in [-0.05, 0) is 37.1 Å². The van der Waals surface area contributed by atoms with Gasteiger partial charge in [-0.2, -0.15) is 0 Å². The molecule has 1 aromatic heterocycles. The van der Waals surface area contributed by atoms with Crippen LogP contribution in [-0.2, 0) is 16.9 Å². The summed E-state index contributed by atoms with van der Waals surface area (Å²) in [4.78, 5) is 21.2. The standard InChI is InChI=1S/C18H23ClN4O/c1-21(2)17(24)18(23-11-9-20-14-23)8-3-10-22(13-18)12-15-4-6-16(19)7-5-15/h4-7,9,11,14H,3,8,10,12-13H2,1-2H3. The Hall–Kier alpha value is -1.85. The van der Waals surface area contributed by atoms with Gasteiger partial charge in [-0.15, -0.1) is 0 Å². The van der Waals surface area contributed by atoms with Gasteiger partial charge in [0.2, 0.25) is 5.91 Å². The van der Waals surface area contributed by atoms with E-state index in [1.54, 1.807) is 17.4 Å². The van der Waals surface area contributed by atoms with E-state index in [9.17, 15) is 4.79 Å². The van der Waals surface area contributed by atoms with Gasteiger partial charge in [0.1, 0.15) is 5.54 Å². The van der Waals surface area contributed by atoms with Crippen molar-refractivity contribution in [2.45, 2.75) is 24.9 Å². The molecule has 1 unspecified atom stereocenters. The Morgan fingerprint density at radius 2 is 2.08 bits per heavy atom. The van der Waals surface area contributed by atoms with Crippen molar-refractivity contribution in [2.75, 3.05) is 27.2 Å². The number of hydrogen-bond donors (Lipinski definition) is 0. The van der Waals surface area contributed by atoms with Crippen LogP contribution in [0.4, 0.5) is 0 Å². The molecule has 0 bridgehead atoms. The number of aromatic nitrogens is 2. The Bertz CT molecular complexity index is 684. The lowest BCUT2D eigenvalue weighted by molar-refractivity contribution is -0.141. The van der Waals surface area contributed by atoms with Gasteiger partial charge in [-0.1, -0.05) is 23.7 Å². The van der Waals surface area contributed by atoms with Gasteiger partial charge in [0.05, 0.1) is 6.33 Å². The van der Waals surface area contributed by atoms with Gasteiger partial charge < -0.3 is 9.47 Å². The van der Waals surface area contributed by atoms with Crippen LogP contribution in [0.2, 0.25) is 5.02 Å². The summed E-state index contributed by atoms with van der Waals surface area (Å²) in [7, 11) is 3.64. The van der Waals surface area contributed by atoms with Crippen LogP contribution < -0.4 is 0 Å². The summed E-state index contributed by atoms with van der Waals surface area (Å²) in [6.07, 6.45) is 7.20. The Morgan fingerprint density at radius 3 is 2.71 bits per heavy atom. The summed E-state index contributed by atoms with van der Waals surface area (Å²) in [6.45, 7) is 2.48. The highest BCUT2D eigenvalue weighted by Crippen LogP contribution is 2.31. The molecule has 0 spiro atoms. The molecule has 0 saturated carbocycles. The molecule has 1 fully saturated rings. The topological polar surface area (TPSA) is 41.4 Å². The van der Waals surface area contributed by atoms with Crippen LogP contribution in [0.15, 0.2) is 43.0 Å². The van der Waals surface area contributed by atoms with E-state index < -0.39 is 5.54 Å². The normalized spacial score (nSPS) is 21.6. The van der Waals surface area contributed by atoms with Crippen LogP contribution in [0.3, 0.4) is 0 Å². The highest BCUT2D eigenvalue weighted by atomic mass is 35.5. The fourth-order valence-corrected chi connectivity index (χ4v) is 3.66. The number of carbonyl (C=O) groups is 1. The number of likely N-dealkylation sites (tertiary alicyclic amines) is 1. The number of halogens is 1. The molecule has 3 rings (SSSR count). The minimum absolute atomic E-state index is 0.126. The van der Waals surface area contributed by atoms with E-state index >= 15 is 0 Å². The van der Waals surface area contributed by atoms with Crippen LogP contribution in [0, 0.1) is 0 Å². The third-order valence-electron chi connectivity index (χ3n) is 4.67. The van der Waals surface area contributed by atoms with E-state index in [1.165, 1.54) is 5.56 Å². The quantitative estimate of drug-likeness (QED) is 0.854. The summed E-state index contributed by atoms with van der Waals surface area (Å²) in [5, 5.41) is 0.743. The lowest BCUT2D eigenvalue weighted by atomic mass is 9.87. The van der Waals surface area contributed by atoms with E-state index in [0.29, 0.717) is 6.54 Å². The largest absolute Gasteiger partial charge is 0.347 e. The average molecular weight is 347 g/mol. The first kappa shape index (κ1) is 17.0. The molecule has 1 aliphatic heterocycles. The zero-order valence-electron chi connectivity index (χ0n) is 14.2. The molecule has 24 heavy (non-hydrogen) atoms. The predicted molar refractivity (Wildman–Crippen MR) is 94.9 cm³/mol. The van der Waals surface area contributed by atoms with Gasteiger partial charge in [0, 0.05) is 44.6 Å². The molecule has 1 aromatic carbocycles. The van der Waals surface area contributed by atoms with E-state index in [4.69, 9.17) is 11.6 Å². The van der Waals surface area contributed by atoms with Gasteiger partial charge >= 0.3 is 0 Å². The average Bonchev–Trinajstić information content (AvgIpc) is 3.11. The molecule has 2 heterocycles. The minimum atomic E-state index is -0.579. The van der Waals surface area contributed by atoms with Crippen LogP contribution in [0.25, 0.3) is 0 Å². The molecular formula is C18H23ClN4O. The van der Waals surface area contributed by atoms with Gasteiger partial charge in [0.15, 0.2) is 0 Å². The molecular weight excluding hydrogens is 324 g/mol. The fourth-order valence-electron chi connectivity index (χ4n) is 3.53. The molecule has 6 heteroatoms. The molecule has 2 aromatic rings. The van der Waals surface area contributed by atoms with E-state index in [2.05, 4.69) is 9.88 Å². The summed E-state index contributed by atoms with van der Waals surface area (Å²) in [6, 6.07) is 7.91. The molecule has 5 nitrogen and oxygen atoms in total. The van der Waals surface area contributed by atoms with Crippen molar-refractivity contribution < 1.29 is 4.79 Å². The third kappa shape index (κ3) is 3.32. The number of hydrogen-bond acceptors (Lipinski definition) is 3. The van der Waals surface area contributed by atoms with Crippen molar-refractivity contribution in [1.29, 1.82) is 0 Å². The zero-order chi connectivity index (χ0) is 17.2. The highest BCUT2D eigenvalue weighted by molar-refractivity contribution is 6.30. The Kier molecular flexibility index (Phi) is 4.92. The molecule has 1 amide bonds. The lowest BCUT2D eigenvalue weighted by Gasteiger charge is -2.43. The predicted octanol–water partition coefficient (Wildman–Crippen LogP) is 2.62. The second kappa shape index (κ2) is 6.95. The SMILES string of the molecule is CN(C)C(=O)C1(n2ccnc2)CCCN(Cc2ccc(Cl)cc2)C1. The molecule has 0 N–H and O–H groups in total. The lowest BCUT2D eigenvalue weighted by Crippen LogP contribution is -2.57. The van der Waals surface area contributed by atoms with E-state index in [-0.39, 0.29) is 5.91 Å². The van der Waals surface area contributed by atoms with Crippen molar-refractivity contribution in [3.8, 4) is 0 Å². The second-order valence-corrected chi connectivity index (χ2v) is 7.08. The molecule has 0 radical (unpaired) electrons. The third-order valence-corrected chi connectivity index (χ3v) is 4.92. The number of amides is 1. The molecule has 0 aliphatic carbocycles. The number of likely N-dealkylation sites (N-methyl/N-ethyl adjacent to an activating group) is 1. The number of benzene rings is 1. The minimum Gasteiger partial charge on any atom is -0.347 e. The van der Waals surface area contributed by atoms with Gasteiger partial charge in [-0.3, -0.25) is 9.69 Å². The van der Waals surface area contributed by atoms with Crippen LogP contribution in [-0.4, -0.2) is 52.4 Å². The van der Waals surface area contributed by atoms with Crippen LogP contribution >= 0.6 is 11.6 Å². The Labute approximate surface area is 147 Å². The van der Waals surface area contributed by atoms with Crippen molar-refractivity contribution in [1.82, 2.24) is 19.4 Å². The number of nitrogens with zero attached hydrogens (tertiary/aromatic N) is 4. The van der Waals surface area contributed by atoms with Crippen molar-refractivity contribution in [3.63, 3.8) is 0 Å². The van der Waals surface area contributed by atoms with E-state index in [0.717, 1.165) is 31.0 Å². The van der Waals surface area contributed by atoms with Crippen LogP contribution in [0.5, 0.6) is 0 Å². The number of rotatable bonds is 4. The summed E-state index contributed by atoms with van der Waals surface area (Å²) in [5.41, 5.74) is 0.628. The fraction of sp³-hybridized carbons (Fsp3) is 0.444. The van der Waals surface area contributed by atoms with Crippen LogP contribution in [0.1, 0.15) is 18.4 Å². The molecule has 1 saturated heterocycles. The summed E-state index contributed by atoms with van der Waals surface area (Å²) < 4.78 is 1.98. The Morgan fingerprint density at radius 1 is 1.33 bits per heavy atom. The molecule has 1 atom stereocenters. The first-order valence-corrected chi connectivity index (χ1v) is 8.56. The second-order valence-electron chi connectivity index (χ2n) is 6.64. The van der Waals surface area contributed by atoms with E-state index in [1.807, 2.05) is 49.1 Å². The van der Waals surface area contributed by atoms with Crippen molar-refractivity contribution in [3.05, 3.63) is 53.6 Å². The zero-order valence-corrected chi connectivity index (χ0v) is 14.9. The van der Waals surface area contributed by atoms with Crippen molar-refractivity contribution in [2.24, 2.45) is 0 Å². The maximum Gasteiger partial charge on any atom is 0.249 e. The molecule has 1 aliphatic rings. The summed E-state index contributed by atoms with van der Waals surface area (Å²) >= 11 is 5.97. The maximum atomic E-state index is 13.0. The Balaban J connectivity index is 1.85. The van der Waals surface area contributed by atoms with Crippen molar-refractivity contribution >= 4 is 17.5 Å². The maximum absolute atomic E-state index is 13.0. The number of carbonyl (C=O) groups excluding carboxylic acids is 1. The number of imidazole rings is 1. The summed E-state index contributed by atoms with van der Waals surface area (Å²) in [5.74, 6) is 0.126. The first-order valence-electron chi connectivity index (χ1n) is 8.18. The molecule has 128 valence electrons. The smallest absolute Gasteiger partial charge is 0.249 e. The van der Waals surface area contributed by atoms with Gasteiger partial charge in [0.25, 0.3) is 0 Å². The highest BCUT2D eigenvalue weighted by Gasteiger charge is 2.44. The first-order chi connectivity index (χ1) is 11.5. The monoisotopic (exact) mass is 346 g/mol.